The third-order valence-corrected chi connectivity index (χ3v) is 1.45. The van der Waals surface area contributed by atoms with Gasteiger partial charge in [-0.3, -0.25) is 4.79 Å². The molecule has 0 heterocycles. The molecule has 0 bridgehead atoms. The summed E-state index contributed by atoms with van der Waals surface area (Å²) in [5, 5.41) is 11.7. The van der Waals surface area contributed by atoms with Gasteiger partial charge in [-0.2, -0.15) is 0 Å². The van der Waals surface area contributed by atoms with E-state index in [9.17, 15) is 4.79 Å². The van der Waals surface area contributed by atoms with Crippen molar-refractivity contribution in [2.45, 2.75) is 20.8 Å². The fraction of sp³-hybridized carbons (Fsp3) is 0.364. The highest BCUT2D eigenvalue weighted by Gasteiger charge is 2.02. The number of amides is 1. The maximum absolute atomic E-state index is 11.2. The van der Waals surface area contributed by atoms with E-state index in [0.717, 1.165) is 0 Å². The van der Waals surface area contributed by atoms with Crippen molar-refractivity contribution in [1.29, 1.82) is 0 Å². The number of hydrogen-bond acceptors (Lipinski definition) is 2. The summed E-state index contributed by atoms with van der Waals surface area (Å²) in [4.78, 5) is 11.2. The maximum atomic E-state index is 11.2. The van der Waals surface area contributed by atoms with Crippen LogP contribution in [0.15, 0.2) is 24.3 Å². The van der Waals surface area contributed by atoms with Crippen LogP contribution >= 0.6 is 0 Å². The molecule has 0 aliphatic carbocycles. The maximum Gasteiger partial charge on any atom is 0.251 e. The van der Waals surface area contributed by atoms with Crippen LogP contribution in [0, 0.1) is 0 Å². The first kappa shape index (κ1) is 12.5. The van der Waals surface area contributed by atoms with E-state index in [1.807, 2.05) is 20.8 Å². The van der Waals surface area contributed by atoms with Gasteiger partial charge in [0.15, 0.2) is 0 Å². The molecule has 14 heavy (non-hydrogen) atoms. The SMILES string of the molecule is CC.CCNC(=O)c1cccc(O)c1. The Balaban J connectivity index is 0.000000791. The second-order valence-corrected chi connectivity index (χ2v) is 2.41. The first-order valence-electron chi connectivity index (χ1n) is 4.81. The number of carbonyl (C=O) groups is 1. The van der Waals surface area contributed by atoms with Gasteiger partial charge in [0.05, 0.1) is 0 Å². The van der Waals surface area contributed by atoms with Gasteiger partial charge in [0.2, 0.25) is 0 Å². The number of phenolic OH excluding ortho intramolecular Hbond substituents is 1. The van der Waals surface area contributed by atoms with Crippen molar-refractivity contribution in [1.82, 2.24) is 5.32 Å². The zero-order chi connectivity index (χ0) is 11.0. The molecule has 3 nitrogen and oxygen atoms in total. The van der Waals surface area contributed by atoms with Crippen molar-refractivity contribution in [2.24, 2.45) is 0 Å². The van der Waals surface area contributed by atoms with E-state index in [4.69, 9.17) is 5.11 Å². The lowest BCUT2D eigenvalue weighted by atomic mass is 10.2. The van der Waals surface area contributed by atoms with Crippen molar-refractivity contribution in [3.63, 3.8) is 0 Å². The van der Waals surface area contributed by atoms with E-state index in [1.165, 1.54) is 12.1 Å². The summed E-state index contributed by atoms with van der Waals surface area (Å²) in [5.74, 6) is -0.0489. The molecule has 1 aromatic rings. The lowest BCUT2D eigenvalue weighted by Crippen LogP contribution is -2.22. The van der Waals surface area contributed by atoms with Gasteiger partial charge in [0.25, 0.3) is 5.91 Å². The van der Waals surface area contributed by atoms with Gasteiger partial charge in [-0.15, -0.1) is 0 Å². The van der Waals surface area contributed by atoms with Gasteiger partial charge >= 0.3 is 0 Å². The minimum Gasteiger partial charge on any atom is -0.508 e. The van der Waals surface area contributed by atoms with Gasteiger partial charge < -0.3 is 10.4 Å². The predicted octanol–water partition coefficient (Wildman–Crippen LogP) is 2.17. The Labute approximate surface area is 84.8 Å². The third-order valence-electron chi connectivity index (χ3n) is 1.45. The molecule has 0 fully saturated rings. The Hall–Kier alpha value is -1.51. The van der Waals surface area contributed by atoms with Crippen molar-refractivity contribution in [3.8, 4) is 5.75 Å². The summed E-state index contributed by atoms with van der Waals surface area (Å²) in [6, 6.07) is 6.26. The van der Waals surface area contributed by atoms with Crippen molar-refractivity contribution >= 4 is 5.91 Å². The molecule has 0 atom stereocenters. The molecule has 0 spiro atoms. The Morgan fingerprint density at radius 3 is 2.57 bits per heavy atom. The minimum atomic E-state index is -0.159. The van der Waals surface area contributed by atoms with Gasteiger partial charge in [-0.1, -0.05) is 19.9 Å². The number of benzene rings is 1. The molecule has 0 aliphatic heterocycles. The largest absolute Gasteiger partial charge is 0.508 e. The molecule has 0 saturated carbocycles. The van der Waals surface area contributed by atoms with Crippen LogP contribution in [0.5, 0.6) is 5.75 Å². The number of aromatic hydroxyl groups is 1. The van der Waals surface area contributed by atoms with E-state index < -0.39 is 0 Å². The highest BCUT2D eigenvalue weighted by Crippen LogP contribution is 2.10. The van der Waals surface area contributed by atoms with Crippen molar-refractivity contribution < 1.29 is 9.90 Å². The quantitative estimate of drug-likeness (QED) is 0.759. The molecular formula is C11H17NO2. The molecule has 1 aromatic carbocycles. The average Bonchev–Trinajstić information content (AvgIpc) is 2.21. The lowest BCUT2D eigenvalue weighted by Gasteiger charge is -2.01. The summed E-state index contributed by atoms with van der Waals surface area (Å²) in [6.45, 7) is 6.44. The fourth-order valence-corrected chi connectivity index (χ4v) is 0.910. The molecule has 0 saturated heterocycles. The van der Waals surface area contributed by atoms with Gasteiger partial charge in [0, 0.05) is 12.1 Å². The minimum absolute atomic E-state index is 0.110. The average molecular weight is 195 g/mol. The third kappa shape index (κ3) is 3.94. The lowest BCUT2D eigenvalue weighted by molar-refractivity contribution is 0.0955. The van der Waals surface area contributed by atoms with Crippen molar-refractivity contribution in [3.05, 3.63) is 29.8 Å². The Bertz CT molecular complexity index is 284. The summed E-state index contributed by atoms with van der Waals surface area (Å²) >= 11 is 0. The summed E-state index contributed by atoms with van der Waals surface area (Å²) in [6.07, 6.45) is 0. The number of rotatable bonds is 2. The standard InChI is InChI=1S/C9H11NO2.C2H6/c1-2-10-9(12)7-4-3-5-8(11)6-7;1-2/h3-6,11H,2H2,1H3,(H,10,12);1-2H3. The second-order valence-electron chi connectivity index (χ2n) is 2.41. The highest BCUT2D eigenvalue weighted by molar-refractivity contribution is 5.94. The monoisotopic (exact) mass is 195 g/mol. The molecule has 0 radical (unpaired) electrons. The Morgan fingerprint density at radius 1 is 1.43 bits per heavy atom. The van der Waals surface area contributed by atoms with Crippen LogP contribution in [-0.4, -0.2) is 17.6 Å². The molecule has 1 amide bonds. The second kappa shape index (κ2) is 6.95. The summed E-state index contributed by atoms with van der Waals surface area (Å²) in [5.41, 5.74) is 0.483. The van der Waals surface area contributed by atoms with Gasteiger partial charge in [0.1, 0.15) is 5.75 Å². The van der Waals surface area contributed by atoms with Crippen LogP contribution in [0.4, 0.5) is 0 Å². The van der Waals surface area contributed by atoms with E-state index in [1.54, 1.807) is 12.1 Å². The van der Waals surface area contributed by atoms with E-state index in [0.29, 0.717) is 12.1 Å². The van der Waals surface area contributed by atoms with E-state index in [2.05, 4.69) is 5.32 Å². The number of nitrogens with one attached hydrogen (secondary N) is 1. The molecule has 3 heteroatoms. The molecule has 0 aliphatic rings. The van der Waals surface area contributed by atoms with Crippen LogP contribution in [-0.2, 0) is 0 Å². The van der Waals surface area contributed by atoms with Gasteiger partial charge in [-0.25, -0.2) is 0 Å². The summed E-state index contributed by atoms with van der Waals surface area (Å²) in [7, 11) is 0. The van der Waals surface area contributed by atoms with Gasteiger partial charge in [-0.05, 0) is 25.1 Å². The number of phenols is 1. The van der Waals surface area contributed by atoms with Crippen LogP contribution in [0.2, 0.25) is 0 Å². The van der Waals surface area contributed by atoms with Crippen LogP contribution < -0.4 is 5.32 Å². The van der Waals surface area contributed by atoms with Crippen LogP contribution in [0.1, 0.15) is 31.1 Å². The number of hydrogen-bond donors (Lipinski definition) is 2. The zero-order valence-electron chi connectivity index (χ0n) is 8.87. The molecule has 0 aromatic heterocycles. The topological polar surface area (TPSA) is 49.3 Å². The first-order valence-corrected chi connectivity index (χ1v) is 4.81. The number of carbonyl (C=O) groups excluding carboxylic acids is 1. The molecule has 0 unspecified atom stereocenters. The normalized spacial score (nSPS) is 8.50. The van der Waals surface area contributed by atoms with E-state index >= 15 is 0 Å². The molecular weight excluding hydrogens is 178 g/mol. The smallest absolute Gasteiger partial charge is 0.251 e. The van der Waals surface area contributed by atoms with E-state index in [-0.39, 0.29) is 11.7 Å². The van der Waals surface area contributed by atoms with Crippen LogP contribution in [0.3, 0.4) is 0 Å². The highest BCUT2D eigenvalue weighted by atomic mass is 16.3. The van der Waals surface area contributed by atoms with Crippen LogP contribution in [0.25, 0.3) is 0 Å². The van der Waals surface area contributed by atoms with Crippen molar-refractivity contribution in [2.75, 3.05) is 6.54 Å². The predicted molar refractivity (Wildman–Crippen MR) is 57.5 cm³/mol. The fourth-order valence-electron chi connectivity index (χ4n) is 0.910. The Morgan fingerprint density at radius 2 is 2.07 bits per heavy atom. The molecule has 2 N–H and O–H groups in total. The zero-order valence-corrected chi connectivity index (χ0v) is 8.87. The summed E-state index contributed by atoms with van der Waals surface area (Å²) < 4.78 is 0. The molecule has 78 valence electrons. The molecule has 1 rings (SSSR count). The first-order chi connectivity index (χ1) is 6.74. The Kier molecular flexibility index (Phi) is 6.20.